The lowest BCUT2D eigenvalue weighted by atomic mass is 10.1. The molecule has 0 radical (unpaired) electrons. The zero-order valence-corrected chi connectivity index (χ0v) is 10.2. The molecular weight excluding hydrogens is 216 g/mol. The van der Waals surface area contributed by atoms with Crippen LogP contribution in [0.5, 0.6) is 5.75 Å². The maximum Gasteiger partial charge on any atom is 0.236 e. The van der Waals surface area contributed by atoms with E-state index in [2.05, 4.69) is 10.6 Å². The molecule has 1 amide bonds. The maximum atomic E-state index is 11.6. The molecule has 1 aromatic carbocycles. The van der Waals surface area contributed by atoms with Crippen LogP contribution < -0.4 is 15.4 Å². The van der Waals surface area contributed by atoms with Crippen molar-refractivity contribution in [1.29, 1.82) is 0 Å². The second-order valence-electron chi connectivity index (χ2n) is 4.18. The van der Waals surface area contributed by atoms with Crippen LogP contribution in [-0.4, -0.2) is 25.1 Å². The third kappa shape index (κ3) is 2.58. The first-order valence-corrected chi connectivity index (χ1v) is 5.98. The van der Waals surface area contributed by atoms with E-state index in [1.54, 1.807) is 0 Å². The fourth-order valence-electron chi connectivity index (χ4n) is 2.01. The van der Waals surface area contributed by atoms with E-state index in [9.17, 15) is 4.79 Å². The van der Waals surface area contributed by atoms with Crippen molar-refractivity contribution >= 4 is 5.91 Å². The Hall–Kier alpha value is -1.55. The van der Waals surface area contributed by atoms with Crippen molar-refractivity contribution in [2.45, 2.75) is 25.9 Å². The summed E-state index contributed by atoms with van der Waals surface area (Å²) < 4.78 is 5.56. The quantitative estimate of drug-likeness (QED) is 0.824. The Kier molecular flexibility index (Phi) is 3.64. The van der Waals surface area contributed by atoms with E-state index in [1.165, 1.54) is 0 Å². The molecule has 2 rings (SSSR count). The Bertz CT molecular complexity index is 406. The topological polar surface area (TPSA) is 50.4 Å². The summed E-state index contributed by atoms with van der Waals surface area (Å²) in [6.45, 7) is 5.02. The molecular formula is C13H18N2O2. The van der Waals surface area contributed by atoms with Crippen LogP contribution >= 0.6 is 0 Å². The minimum Gasteiger partial charge on any atom is -0.491 e. The van der Waals surface area contributed by atoms with Gasteiger partial charge in [-0.15, -0.1) is 0 Å². The van der Waals surface area contributed by atoms with E-state index < -0.39 is 0 Å². The Balaban J connectivity index is 1.99. The summed E-state index contributed by atoms with van der Waals surface area (Å²) in [5.41, 5.74) is 1.13. The lowest BCUT2D eigenvalue weighted by Gasteiger charge is -2.17. The molecule has 0 saturated carbocycles. The number of nitrogens with one attached hydrogen (secondary N) is 2. The number of rotatable bonds is 4. The van der Waals surface area contributed by atoms with Crippen LogP contribution in [0.2, 0.25) is 0 Å². The largest absolute Gasteiger partial charge is 0.491 e. The summed E-state index contributed by atoms with van der Waals surface area (Å²) in [7, 11) is 0. The first-order chi connectivity index (χ1) is 8.22. The van der Waals surface area contributed by atoms with Gasteiger partial charge in [0.25, 0.3) is 0 Å². The summed E-state index contributed by atoms with van der Waals surface area (Å²) in [5.74, 6) is 0.935. The average molecular weight is 234 g/mol. The molecule has 4 heteroatoms. The van der Waals surface area contributed by atoms with Gasteiger partial charge in [-0.1, -0.05) is 18.2 Å². The van der Waals surface area contributed by atoms with Crippen molar-refractivity contribution < 1.29 is 9.53 Å². The lowest BCUT2D eigenvalue weighted by molar-refractivity contribution is -0.122. The van der Waals surface area contributed by atoms with Gasteiger partial charge < -0.3 is 10.1 Å². The molecule has 0 spiro atoms. The number of hydrogen-bond acceptors (Lipinski definition) is 3. The van der Waals surface area contributed by atoms with E-state index in [0.29, 0.717) is 13.2 Å². The summed E-state index contributed by atoms with van der Waals surface area (Å²) in [6, 6.07) is 7.81. The maximum absolute atomic E-state index is 11.6. The predicted octanol–water partition coefficient (Wildman–Crippen LogP) is 1.23. The highest BCUT2D eigenvalue weighted by Crippen LogP contribution is 2.31. The number of hydrogen-bond donors (Lipinski definition) is 2. The molecule has 2 unspecified atom stereocenters. The third-order valence-corrected chi connectivity index (χ3v) is 2.90. The standard InChI is InChI=1S/C13H18N2O2/c1-3-14-13(16)9(2)15-11-8-17-12-7-5-4-6-10(11)12/h4-7,9,11,15H,3,8H2,1-2H3,(H,14,16). The number of carbonyl (C=O) groups excluding carboxylic acids is 1. The molecule has 92 valence electrons. The van der Waals surface area contributed by atoms with Crippen LogP contribution in [0.3, 0.4) is 0 Å². The monoisotopic (exact) mass is 234 g/mol. The fraction of sp³-hybridized carbons (Fsp3) is 0.462. The van der Waals surface area contributed by atoms with Crippen LogP contribution in [0, 0.1) is 0 Å². The van der Waals surface area contributed by atoms with Crippen LogP contribution in [-0.2, 0) is 4.79 Å². The number of carbonyl (C=O) groups is 1. The van der Waals surface area contributed by atoms with Crippen molar-refractivity contribution in [3.05, 3.63) is 29.8 Å². The Morgan fingerprint density at radius 2 is 2.29 bits per heavy atom. The van der Waals surface area contributed by atoms with Gasteiger partial charge in [0.05, 0.1) is 12.1 Å². The van der Waals surface area contributed by atoms with Crippen LogP contribution in [0.15, 0.2) is 24.3 Å². The minimum absolute atomic E-state index is 0.0249. The number of ether oxygens (including phenoxy) is 1. The Morgan fingerprint density at radius 1 is 1.53 bits per heavy atom. The molecule has 0 bridgehead atoms. The van der Waals surface area contributed by atoms with Gasteiger partial charge in [-0.25, -0.2) is 0 Å². The molecule has 1 heterocycles. The first-order valence-electron chi connectivity index (χ1n) is 5.98. The highest BCUT2D eigenvalue weighted by molar-refractivity contribution is 5.81. The molecule has 2 atom stereocenters. The SMILES string of the molecule is CCNC(=O)C(C)NC1COc2ccccc21. The minimum atomic E-state index is -0.213. The van der Waals surface area contributed by atoms with Crippen molar-refractivity contribution in [2.75, 3.05) is 13.2 Å². The van der Waals surface area contributed by atoms with Gasteiger partial charge >= 0.3 is 0 Å². The van der Waals surface area contributed by atoms with Gasteiger partial charge in [-0.3, -0.25) is 10.1 Å². The van der Waals surface area contributed by atoms with Crippen LogP contribution in [0.1, 0.15) is 25.5 Å². The van der Waals surface area contributed by atoms with Gasteiger partial charge in [0.2, 0.25) is 5.91 Å². The van der Waals surface area contributed by atoms with Crippen molar-refractivity contribution in [3.8, 4) is 5.75 Å². The number of para-hydroxylation sites is 1. The van der Waals surface area contributed by atoms with Crippen molar-refractivity contribution in [3.63, 3.8) is 0 Å². The van der Waals surface area contributed by atoms with E-state index in [1.807, 2.05) is 38.1 Å². The van der Waals surface area contributed by atoms with Gasteiger partial charge in [-0.2, -0.15) is 0 Å². The molecule has 1 aliphatic heterocycles. The van der Waals surface area contributed by atoms with Crippen LogP contribution in [0.4, 0.5) is 0 Å². The zero-order valence-electron chi connectivity index (χ0n) is 10.2. The summed E-state index contributed by atoms with van der Waals surface area (Å²) in [4.78, 5) is 11.6. The smallest absolute Gasteiger partial charge is 0.236 e. The average Bonchev–Trinajstić information content (AvgIpc) is 2.73. The fourth-order valence-corrected chi connectivity index (χ4v) is 2.01. The highest BCUT2D eigenvalue weighted by atomic mass is 16.5. The molecule has 0 saturated heterocycles. The van der Waals surface area contributed by atoms with Crippen LogP contribution in [0.25, 0.3) is 0 Å². The van der Waals surface area contributed by atoms with Crippen molar-refractivity contribution in [1.82, 2.24) is 10.6 Å². The second kappa shape index (κ2) is 5.19. The molecule has 1 aliphatic rings. The summed E-state index contributed by atoms with van der Waals surface area (Å²) in [6.07, 6.45) is 0. The molecule has 17 heavy (non-hydrogen) atoms. The Morgan fingerprint density at radius 3 is 3.06 bits per heavy atom. The van der Waals surface area contributed by atoms with E-state index in [0.717, 1.165) is 11.3 Å². The third-order valence-electron chi connectivity index (χ3n) is 2.90. The predicted molar refractivity (Wildman–Crippen MR) is 66.0 cm³/mol. The van der Waals surface area contributed by atoms with Gasteiger partial charge in [0.1, 0.15) is 12.4 Å². The van der Waals surface area contributed by atoms with Gasteiger partial charge in [0, 0.05) is 12.1 Å². The first kappa shape index (κ1) is 11.9. The van der Waals surface area contributed by atoms with Gasteiger partial charge in [-0.05, 0) is 19.9 Å². The molecule has 0 fully saturated rings. The molecule has 0 aliphatic carbocycles. The molecule has 4 nitrogen and oxygen atoms in total. The lowest BCUT2D eigenvalue weighted by Crippen LogP contribution is -2.43. The molecule has 1 aromatic rings. The van der Waals surface area contributed by atoms with Gasteiger partial charge in [0.15, 0.2) is 0 Å². The summed E-state index contributed by atoms with van der Waals surface area (Å²) in [5, 5.41) is 6.08. The van der Waals surface area contributed by atoms with E-state index >= 15 is 0 Å². The molecule has 2 N–H and O–H groups in total. The number of likely N-dealkylation sites (N-methyl/N-ethyl adjacent to an activating group) is 1. The number of fused-ring (bicyclic) bond motifs is 1. The normalized spacial score (nSPS) is 19.3. The highest BCUT2D eigenvalue weighted by Gasteiger charge is 2.26. The second-order valence-corrected chi connectivity index (χ2v) is 4.18. The Labute approximate surface area is 101 Å². The molecule has 0 aromatic heterocycles. The zero-order chi connectivity index (χ0) is 12.3. The van der Waals surface area contributed by atoms with Crippen molar-refractivity contribution in [2.24, 2.45) is 0 Å². The van der Waals surface area contributed by atoms with E-state index in [-0.39, 0.29) is 18.0 Å². The number of benzene rings is 1. The number of amides is 1. The summed E-state index contributed by atoms with van der Waals surface area (Å²) >= 11 is 0. The van der Waals surface area contributed by atoms with E-state index in [4.69, 9.17) is 4.74 Å².